The quantitative estimate of drug-likeness (QED) is 0.326. The van der Waals surface area contributed by atoms with Gasteiger partial charge in [0.05, 0.1) is 23.8 Å². The fourth-order valence-electron chi connectivity index (χ4n) is 4.23. The molecule has 1 aliphatic rings. The van der Waals surface area contributed by atoms with Crippen LogP contribution in [0.3, 0.4) is 0 Å². The zero-order chi connectivity index (χ0) is 25.5. The van der Waals surface area contributed by atoms with Gasteiger partial charge in [-0.3, -0.25) is 15.0 Å². The molecule has 0 bridgehead atoms. The van der Waals surface area contributed by atoms with Crippen molar-refractivity contribution in [3.05, 3.63) is 76.2 Å². The van der Waals surface area contributed by atoms with Crippen LogP contribution in [0.25, 0.3) is 17.0 Å². The van der Waals surface area contributed by atoms with Crippen molar-refractivity contribution in [2.45, 2.75) is 26.3 Å². The van der Waals surface area contributed by atoms with Crippen molar-refractivity contribution >= 4 is 11.4 Å². The molecule has 36 heavy (non-hydrogen) atoms. The van der Waals surface area contributed by atoms with Crippen LogP contribution in [-0.4, -0.2) is 46.2 Å². The molecule has 2 aromatic heterocycles. The molecule has 0 aliphatic carbocycles. The molecular weight excluding hydrogens is 460 g/mol. The average molecular weight is 489 g/mol. The molecule has 1 aromatic carbocycles. The van der Waals surface area contributed by atoms with Crippen molar-refractivity contribution in [3.8, 4) is 23.2 Å². The fraction of sp³-hybridized carbons (Fsp3) is 0.346. The molecule has 1 N–H and O–H groups in total. The Morgan fingerprint density at radius 1 is 1.33 bits per heavy atom. The van der Waals surface area contributed by atoms with Gasteiger partial charge in [-0.1, -0.05) is 42.1 Å². The van der Waals surface area contributed by atoms with E-state index in [2.05, 4.69) is 26.9 Å². The van der Waals surface area contributed by atoms with E-state index in [-0.39, 0.29) is 22.8 Å². The number of likely N-dealkylation sites (tertiary alicyclic amines) is 1. The summed E-state index contributed by atoms with van der Waals surface area (Å²) >= 11 is 0. The summed E-state index contributed by atoms with van der Waals surface area (Å²) in [5.41, 5.74) is 2.03. The highest BCUT2D eigenvalue weighted by Crippen LogP contribution is 2.29. The Kier molecular flexibility index (Phi) is 7.92. The van der Waals surface area contributed by atoms with Crippen LogP contribution < -0.4 is 10.1 Å². The predicted molar refractivity (Wildman–Crippen MR) is 134 cm³/mol. The number of aromatic nitrogens is 2. The van der Waals surface area contributed by atoms with Gasteiger partial charge in [-0.15, -0.1) is 0 Å². The number of ether oxygens (including phenoxy) is 1. The molecular formula is C26H28N6O4. The van der Waals surface area contributed by atoms with Gasteiger partial charge < -0.3 is 14.6 Å². The number of nitro groups is 1. The molecule has 3 heterocycles. The lowest BCUT2D eigenvalue weighted by Crippen LogP contribution is -2.36. The number of benzene rings is 1. The van der Waals surface area contributed by atoms with Crippen molar-refractivity contribution in [2.75, 3.05) is 26.2 Å². The number of pyridine rings is 1. The van der Waals surface area contributed by atoms with Gasteiger partial charge in [0.25, 0.3) is 5.69 Å². The first kappa shape index (κ1) is 24.9. The van der Waals surface area contributed by atoms with Crippen molar-refractivity contribution in [2.24, 2.45) is 5.92 Å². The summed E-state index contributed by atoms with van der Waals surface area (Å²) in [5.74, 6) is 1.29. The molecule has 0 unspecified atom stereocenters. The van der Waals surface area contributed by atoms with Crippen LogP contribution >= 0.6 is 0 Å². The Bertz CT molecular complexity index is 1260. The maximum atomic E-state index is 11.6. The van der Waals surface area contributed by atoms with Crippen LogP contribution in [0.4, 0.5) is 5.69 Å². The van der Waals surface area contributed by atoms with Crippen LogP contribution in [0.5, 0.6) is 5.88 Å². The standard InChI is InChI=1S/C26H28N6O4/c1-3-35-26-21(15-27)13-24(32(33)34)25(29-26)18(2)28-16-19-9-11-31(12-10-19)17-22-14-23(30-36-22)20-7-5-4-6-8-20/h4-8,13-14,19,28H,2-3,9-12,16-17H2,1H3. The summed E-state index contributed by atoms with van der Waals surface area (Å²) in [6.07, 6.45) is 1.93. The zero-order valence-corrected chi connectivity index (χ0v) is 20.1. The average Bonchev–Trinajstić information content (AvgIpc) is 3.37. The lowest BCUT2D eigenvalue weighted by molar-refractivity contribution is -0.385. The second-order valence-electron chi connectivity index (χ2n) is 8.63. The van der Waals surface area contributed by atoms with Crippen molar-refractivity contribution in [1.82, 2.24) is 20.4 Å². The minimum atomic E-state index is -0.559. The first-order valence-electron chi connectivity index (χ1n) is 11.9. The second kappa shape index (κ2) is 11.5. The van der Waals surface area contributed by atoms with Crippen molar-refractivity contribution < 1.29 is 14.2 Å². The highest BCUT2D eigenvalue weighted by molar-refractivity contribution is 5.69. The van der Waals surface area contributed by atoms with Gasteiger partial charge in [0, 0.05) is 24.2 Å². The Morgan fingerprint density at radius 2 is 2.08 bits per heavy atom. The van der Waals surface area contributed by atoms with E-state index in [0.29, 0.717) is 31.3 Å². The Morgan fingerprint density at radius 3 is 2.75 bits per heavy atom. The van der Waals surface area contributed by atoms with E-state index in [1.165, 1.54) is 6.07 Å². The number of piperidine rings is 1. The van der Waals surface area contributed by atoms with Gasteiger partial charge >= 0.3 is 0 Å². The van der Waals surface area contributed by atoms with Crippen molar-refractivity contribution in [1.29, 1.82) is 5.26 Å². The van der Waals surface area contributed by atoms with Gasteiger partial charge in [0.2, 0.25) is 5.88 Å². The van der Waals surface area contributed by atoms with Gasteiger partial charge in [0.15, 0.2) is 11.5 Å². The molecule has 0 radical (unpaired) electrons. The number of nitrogens with one attached hydrogen (secondary N) is 1. The third kappa shape index (κ3) is 5.87. The van der Waals surface area contributed by atoms with Crippen LogP contribution in [0.2, 0.25) is 0 Å². The second-order valence-corrected chi connectivity index (χ2v) is 8.63. The fourth-order valence-corrected chi connectivity index (χ4v) is 4.23. The molecule has 0 spiro atoms. The smallest absolute Gasteiger partial charge is 0.298 e. The predicted octanol–water partition coefficient (Wildman–Crippen LogP) is 4.39. The maximum absolute atomic E-state index is 11.6. The molecule has 186 valence electrons. The summed E-state index contributed by atoms with van der Waals surface area (Å²) in [6, 6.07) is 15.0. The van der Waals surface area contributed by atoms with E-state index in [1.54, 1.807) is 6.92 Å². The van der Waals surface area contributed by atoms with Gasteiger partial charge in [0.1, 0.15) is 17.3 Å². The van der Waals surface area contributed by atoms with Crippen LogP contribution in [0.15, 0.2) is 53.6 Å². The summed E-state index contributed by atoms with van der Waals surface area (Å²) in [7, 11) is 0. The normalized spacial score (nSPS) is 14.2. The molecule has 0 amide bonds. The SMILES string of the molecule is C=C(NCC1CCN(Cc2cc(-c3ccccc3)no2)CC1)c1nc(OCC)c(C#N)cc1[N+](=O)[O-]. The van der Waals surface area contributed by atoms with Crippen LogP contribution in [0.1, 0.15) is 36.8 Å². The molecule has 1 fully saturated rings. The number of nitrogens with zero attached hydrogens (tertiary/aromatic N) is 5. The monoisotopic (exact) mass is 488 g/mol. The maximum Gasteiger partial charge on any atom is 0.298 e. The van der Waals surface area contributed by atoms with E-state index < -0.39 is 4.92 Å². The highest BCUT2D eigenvalue weighted by Gasteiger charge is 2.25. The molecule has 10 nitrogen and oxygen atoms in total. The van der Waals surface area contributed by atoms with E-state index in [1.807, 2.05) is 42.5 Å². The van der Waals surface area contributed by atoms with Crippen LogP contribution in [0, 0.1) is 27.4 Å². The molecule has 0 atom stereocenters. The Balaban J connectivity index is 1.31. The third-order valence-corrected chi connectivity index (χ3v) is 6.17. The molecule has 3 aromatic rings. The lowest BCUT2D eigenvalue weighted by atomic mass is 9.96. The van der Waals surface area contributed by atoms with Crippen LogP contribution in [-0.2, 0) is 6.54 Å². The molecule has 4 rings (SSSR count). The first-order chi connectivity index (χ1) is 17.5. The van der Waals surface area contributed by atoms with Gasteiger partial charge in [-0.05, 0) is 38.8 Å². The van der Waals surface area contributed by atoms with Crippen molar-refractivity contribution in [3.63, 3.8) is 0 Å². The first-order valence-corrected chi connectivity index (χ1v) is 11.9. The van der Waals surface area contributed by atoms with Gasteiger partial charge in [-0.25, -0.2) is 4.98 Å². The van der Waals surface area contributed by atoms with E-state index >= 15 is 0 Å². The summed E-state index contributed by atoms with van der Waals surface area (Å²) < 4.78 is 10.9. The number of nitriles is 1. The molecule has 1 saturated heterocycles. The number of hydrogen-bond acceptors (Lipinski definition) is 9. The largest absolute Gasteiger partial charge is 0.477 e. The number of rotatable bonds is 10. The summed E-state index contributed by atoms with van der Waals surface area (Å²) in [6.45, 7) is 9.15. The molecule has 0 saturated carbocycles. The number of hydrogen-bond donors (Lipinski definition) is 1. The van der Waals surface area contributed by atoms with E-state index in [9.17, 15) is 15.4 Å². The molecule has 10 heteroatoms. The van der Waals surface area contributed by atoms with E-state index in [4.69, 9.17) is 9.26 Å². The minimum Gasteiger partial charge on any atom is -0.477 e. The Hall–Kier alpha value is -4.23. The summed E-state index contributed by atoms with van der Waals surface area (Å²) in [4.78, 5) is 17.6. The molecule has 1 aliphatic heterocycles. The third-order valence-electron chi connectivity index (χ3n) is 6.17. The minimum absolute atomic E-state index is 0.0233. The van der Waals surface area contributed by atoms with E-state index in [0.717, 1.165) is 42.9 Å². The van der Waals surface area contributed by atoms with Gasteiger partial charge in [-0.2, -0.15) is 5.26 Å². The lowest BCUT2D eigenvalue weighted by Gasteiger charge is -2.31. The zero-order valence-electron chi connectivity index (χ0n) is 20.1. The highest BCUT2D eigenvalue weighted by atomic mass is 16.6. The topological polar surface area (TPSA) is 130 Å². The Labute approximate surface area is 209 Å². The summed E-state index contributed by atoms with van der Waals surface area (Å²) in [5, 5.41) is 28.2.